The molecular weight excluding hydrogens is 214 g/mol. The highest BCUT2D eigenvalue weighted by molar-refractivity contribution is 4.70. The minimum Gasteiger partial charge on any atom is -0.330 e. The maximum Gasteiger partial charge on any atom is 0.261 e. The Morgan fingerprint density at radius 1 is 0.875 bits per heavy atom. The SMILES string of the molecule is NCCCNCCC(F)(F)CNCCCN. The van der Waals surface area contributed by atoms with Crippen LogP contribution in [0.3, 0.4) is 0 Å². The molecule has 0 bridgehead atoms. The molecule has 0 radical (unpaired) electrons. The van der Waals surface area contributed by atoms with Crippen LogP contribution in [0.15, 0.2) is 0 Å². The molecule has 0 spiro atoms. The van der Waals surface area contributed by atoms with Gasteiger partial charge in [-0.1, -0.05) is 0 Å². The first-order chi connectivity index (χ1) is 7.62. The molecule has 0 saturated carbocycles. The predicted molar refractivity (Wildman–Crippen MR) is 62.6 cm³/mol. The van der Waals surface area contributed by atoms with E-state index in [0.717, 1.165) is 12.8 Å². The molecule has 0 rings (SSSR count). The van der Waals surface area contributed by atoms with Gasteiger partial charge >= 0.3 is 0 Å². The fourth-order valence-corrected chi connectivity index (χ4v) is 1.21. The fourth-order valence-electron chi connectivity index (χ4n) is 1.21. The van der Waals surface area contributed by atoms with Gasteiger partial charge in [-0.3, -0.25) is 0 Å². The van der Waals surface area contributed by atoms with Gasteiger partial charge in [0.05, 0.1) is 6.54 Å². The fraction of sp³-hybridized carbons (Fsp3) is 1.00. The zero-order chi connectivity index (χ0) is 12.3. The Labute approximate surface area is 96.1 Å². The first-order valence-electron chi connectivity index (χ1n) is 5.82. The molecule has 0 aliphatic carbocycles. The van der Waals surface area contributed by atoms with Gasteiger partial charge in [-0.05, 0) is 39.0 Å². The molecule has 0 amide bonds. The molecule has 16 heavy (non-hydrogen) atoms. The first-order valence-corrected chi connectivity index (χ1v) is 5.82. The lowest BCUT2D eigenvalue weighted by molar-refractivity contribution is -0.00562. The third-order valence-electron chi connectivity index (χ3n) is 2.17. The van der Waals surface area contributed by atoms with Crippen molar-refractivity contribution < 1.29 is 8.78 Å². The van der Waals surface area contributed by atoms with Gasteiger partial charge in [0.25, 0.3) is 5.92 Å². The first kappa shape index (κ1) is 15.7. The lowest BCUT2D eigenvalue weighted by Gasteiger charge is -2.17. The molecule has 0 aliphatic rings. The van der Waals surface area contributed by atoms with E-state index in [2.05, 4.69) is 10.6 Å². The van der Waals surface area contributed by atoms with Crippen LogP contribution in [0.2, 0.25) is 0 Å². The van der Waals surface area contributed by atoms with Gasteiger partial charge in [0, 0.05) is 13.0 Å². The number of nitrogens with one attached hydrogen (secondary N) is 2. The van der Waals surface area contributed by atoms with Crippen LogP contribution in [0.4, 0.5) is 8.78 Å². The number of hydrogen-bond acceptors (Lipinski definition) is 4. The summed E-state index contributed by atoms with van der Waals surface area (Å²) in [6.45, 7) is 2.42. The quantitative estimate of drug-likeness (QED) is 0.379. The van der Waals surface area contributed by atoms with Crippen molar-refractivity contribution in [2.75, 3.05) is 39.3 Å². The molecule has 0 fully saturated rings. The van der Waals surface area contributed by atoms with Crippen LogP contribution in [-0.2, 0) is 0 Å². The molecule has 0 heterocycles. The molecule has 6 heteroatoms. The number of alkyl halides is 2. The summed E-state index contributed by atoms with van der Waals surface area (Å²) in [6.07, 6.45) is 1.40. The summed E-state index contributed by atoms with van der Waals surface area (Å²) in [4.78, 5) is 0. The van der Waals surface area contributed by atoms with Crippen molar-refractivity contribution in [3.05, 3.63) is 0 Å². The van der Waals surface area contributed by atoms with E-state index in [0.29, 0.717) is 32.7 Å². The Morgan fingerprint density at radius 2 is 1.44 bits per heavy atom. The summed E-state index contributed by atoms with van der Waals surface area (Å²) in [5.74, 6) is -2.65. The van der Waals surface area contributed by atoms with Gasteiger partial charge in [-0.25, -0.2) is 8.78 Å². The summed E-state index contributed by atoms with van der Waals surface area (Å²) in [6, 6.07) is 0. The topological polar surface area (TPSA) is 76.1 Å². The molecule has 0 saturated heterocycles. The number of hydrogen-bond donors (Lipinski definition) is 4. The zero-order valence-electron chi connectivity index (χ0n) is 9.77. The Morgan fingerprint density at radius 3 is 2.00 bits per heavy atom. The summed E-state index contributed by atoms with van der Waals surface area (Å²) in [5, 5.41) is 5.64. The summed E-state index contributed by atoms with van der Waals surface area (Å²) in [5.41, 5.74) is 10.5. The number of rotatable bonds is 11. The minimum atomic E-state index is -2.65. The third-order valence-corrected chi connectivity index (χ3v) is 2.17. The second kappa shape index (κ2) is 9.89. The molecule has 0 aromatic heterocycles. The standard InChI is InChI=1S/C10H24F2N4/c11-10(12,9-16-7-2-5-14)3-8-15-6-1-4-13/h15-16H,1-9,13-14H2. The van der Waals surface area contributed by atoms with Gasteiger partial charge in [-0.2, -0.15) is 0 Å². The molecule has 6 N–H and O–H groups in total. The Hall–Kier alpha value is -0.300. The molecule has 0 atom stereocenters. The van der Waals surface area contributed by atoms with Crippen LogP contribution in [0, 0.1) is 0 Å². The van der Waals surface area contributed by atoms with Crippen LogP contribution < -0.4 is 22.1 Å². The van der Waals surface area contributed by atoms with E-state index in [-0.39, 0.29) is 13.0 Å². The van der Waals surface area contributed by atoms with Gasteiger partial charge < -0.3 is 22.1 Å². The molecular formula is C10H24F2N4. The maximum atomic E-state index is 13.2. The van der Waals surface area contributed by atoms with E-state index < -0.39 is 5.92 Å². The zero-order valence-corrected chi connectivity index (χ0v) is 9.77. The van der Waals surface area contributed by atoms with E-state index in [9.17, 15) is 8.78 Å². The van der Waals surface area contributed by atoms with E-state index in [1.54, 1.807) is 0 Å². The average molecular weight is 238 g/mol. The predicted octanol–water partition coefficient (Wildman–Crippen LogP) is -0.111. The van der Waals surface area contributed by atoms with Crippen molar-refractivity contribution in [2.24, 2.45) is 11.5 Å². The maximum absolute atomic E-state index is 13.2. The molecule has 0 aromatic carbocycles. The highest BCUT2D eigenvalue weighted by Crippen LogP contribution is 2.15. The van der Waals surface area contributed by atoms with Crippen LogP contribution >= 0.6 is 0 Å². The van der Waals surface area contributed by atoms with E-state index in [4.69, 9.17) is 11.5 Å². The van der Waals surface area contributed by atoms with E-state index in [1.807, 2.05) is 0 Å². The van der Waals surface area contributed by atoms with Crippen LogP contribution in [0.5, 0.6) is 0 Å². The normalized spacial score (nSPS) is 12.0. The second-order valence-corrected chi connectivity index (χ2v) is 3.82. The van der Waals surface area contributed by atoms with E-state index >= 15 is 0 Å². The molecule has 98 valence electrons. The highest BCUT2D eigenvalue weighted by atomic mass is 19.3. The Kier molecular flexibility index (Phi) is 9.71. The van der Waals surface area contributed by atoms with Crippen molar-refractivity contribution in [1.82, 2.24) is 10.6 Å². The lowest BCUT2D eigenvalue weighted by Crippen LogP contribution is -2.36. The van der Waals surface area contributed by atoms with Crippen molar-refractivity contribution in [1.29, 1.82) is 0 Å². The summed E-state index contributed by atoms with van der Waals surface area (Å²) < 4.78 is 26.4. The van der Waals surface area contributed by atoms with Crippen molar-refractivity contribution >= 4 is 0 Å². The van der Waals surface area contributed by atoms with Crippen molar-refractivity contribution in [3.63, 3.8) is 0 Å². The van der Waals surface area contributed by atoms with Gasteiger partial charge in [-0.15, -0.1) is 0 Å². The Balaban J connectivity index is 3.38. The largest absolute Gasteiger partial charge is 0.330 e. The average Bonchev–Trinajstić information content (AvgIpc) is 2.24. The highest BCUT2D eigenvalue weighted by Gasteiger charge is 2.27. The van der Waals surface area contributed by atoms with Crippen molar-refractivity contribution in [3.8, 4) is 0 Å². The van der Waals surface area contributed by atoms with Gasteiger partial charge in [0.2, 0.25) is 0 Å². The second-order valence-electron chi connectivity index (χ2n) is 3.82. The van der Waals surface area contributed by atoms with Crippen LogP contribution in [-0.4, -0.2) is 45.2 Å². The third kappa shape index (κ3) is 10.2. The molecule has 4 nitrogen and oxygen atoms in total. The smallest absolute Gasteiger partial charge is 0.261 e. The van der Waals surface area contributed by atoms with Crippen LogP contribution in [0.25, 0.3) is 0 Å². The summed E-state index contributed by atoms with van der Waals surface area (Å²) >= 11 is 0. The molecule has 0 aliphatic heterocycles. The minimum absolute atomic E-state index is 0.146. The van der Waals surface area contributed by atoms with Gasteiger partial charge in [0.1, 0.15) is 0 Å². The Bertz CT molecular complexity index is 156. The van der Waals surface area contributed by atoms with Gasteiger partial charge in [0.15, 0.2) is 0 Å². The molecule has 0 aromatic rings. The lowest BCUT2D eigenvalue weighted by atomic mass is 10.2. The van der Waals surface area contributed by atoms with Crippen molar-refractivity contribution in [2.45, 2.75) is 25.2 Å². The van der Waals surface area contributed by atoms with Crippen LogP contribution in [0.1, 0.15) is 19.3 Å². The number of nitrogens with two attached hydrogens (primary N) is 2. The summed E-state index contributed by atoms with van der Waals surface area (Å²) in [7, 11) is 0. The monoisotopic (exact) mass is 238 g/mol. The molecule has 0 unspecified atom stereocenters. The van der Waals surface area contributed by atoms with E-state index in [1.165, 1.54) is 0 Å². The number of halogens is 2.